The molecule has 0 bridgehead atoms. The summed E-state index contributed by atoms with van der Waals surface area (Å²) >= 11 is 6.14. The number of hydrogen-bond donors (Lipinski definition) is 1. The van der Waals surface area contributed by atoms with Crippen molar-refractivity contribution in [2.45, 2.75) is 13.5 Å². The van der Waals surface area contributed by atoms with Crippen LogP contribution < -0.4 is 5.32 Å². The molecule has 0 atom stereocenters. The Balaban J connectivity index is 2.04. The van der Waals surface area contributed by atoms with Crippen molar-refractivity contribution in [1.82, 2.24) is 4.98 Å². The fourth-order valence-electron chi connectivity index (χ4n) is 1.56. The lowest BCUT2D eigenvalue weighted by Gasteiger charge is -2.08. The van der Waals surface area contributed by atoms with Crippen molar-refractivity contribution in [3.05, 3.63) is 58.4 Å². The molecule has 1 heterocycles. The molecule has 0 radical (unpaired) electrons. The predicted molar refractivity (Wildman–Crippen MR) is 72.5 cm³/mol. The summed E-state index contributed by atoms with van der Waals surface area (Å²) in [5.74, 6) is 0. The van der Waals surface area contributed by atoms with E-state index in [2.05, 4.69) is 10.3 Å². The average Bonchev–Trinajstić information content (AvgIpc) is 2.38. The highest BCUT2D eigenvalue weighted by atomic mass is 35.5. The lowest BCUT2D eigenvalue weighted by atomic mass is 10.1. The summed E-state index contributed by atoms with van der Waals surface area (Å²) in [6, 6.07) is 11.5. The molecule has 1 N–H and O–H groups in total. The van der Waals surface area contributed by atoms with Gasteiger partial charge in [0.1, 0.15) is 11.8 Å². The number of hydrogen-bond acceptors (Lipinski definition) is 3. The van der Waals surface area contributed by atoms with Crippen molar-refractivity contribution in [3.8, 4) is 6.07 Å². The van der Waals surface area contributed by atoms with Crippen molar-refractivity contribution >= 4 is 17.3 Å². The number of benzene rings is 1. The topological polar surface area (TPSA) is 48.7 Å². The zero-order valence-corrected chi connectivity index (χ0v) is 10.7. The highest BCUT2D eigenvalue weighted by molar-refractivity contribution is 6.31. The Labute approximate surface area is 111 Å². The molecule has 1 aromatic heterocycles. The molecule has 2 aromatic rings. The van der Waals surface area contributed by atoms with Crippen LogP contribution in [0.4, 0.5) is 5.69 Å². The first-order chi connectivity index (χ1) is 8.69. The van der Waals surface area contributed by atoms with E-state index in [1.807, 2.05) is 37.3 Å². The van der Waals surface area contributed by atoms with E-state index in [0.29, 0.717) is 12.2 Å². The van der Waals surface area contributed by atoms with E-state index in [1.54, 1.807) is 12.3 Å². The van der Waals surface area contributed by atoms with E-state index in [-0.39, 0.29) is 0 Å². The summed E-state index contributed by atoms with van der Waals surface area (Å²) in [6.45, 7) is 2.64. The Bertz CT molecular complexity index is 585. The third kappa shape index (κ3) is 2.99. The van der Waals surface area contributed by atoms with Gasteiger partial charge in [-0.15, -0.1) is 0 Å². The lowest BCUT2D eigenvalue weighted by molar-refractivity contribution is 1.13. The Kier molecular flexibility index (Phi) is 3.81. The zero-order valence-electron chi connectivity index (χ0n) is 9.94. The van der Waals surface area contributed by atoms with E-state index in [4.69, 9.17) is 16.9 Å². The maximum absolute atomic E-state index is 8.65. The van der Waals surface area contributed by atoms with Crippen LogP contribution in [0.25, 0.3) is 0 Å². The maximum Gasteiger partial charge on any atom is 0.140 e. The van der Waals surface area contributed by atoms with Crippen molar-refractivity contribution in [3.63, 3.8) is 0 Å². The molecule has 0 unspecified atom stereocenters. The zero-order chi connectivity index (χ0) is 13.0. The van der Waals surface area contributed by atoms with Crippen LogP contribution in [0.15, 0.2) is 36.5 Å². The molecule has 0 fully saturated rings. The largest absolute Gasteiger partial charge is 0.380 e. The van der Waals surface area contributed by atoms with Crippen molar-refractivity contribution in [2.24, 2.45) is 0 Å². The first-order valence-corrected chi connectivity index (χ1v) is 5.92. The van der Waals surface area contributed by atoms with Crippen LogP contribution in [-0.2, 0) is 6.54 Å². The summed E-state index contributed by atoms with van der Waals surface area (Å²) in [6.07, 6.45) is 1.64. The summed E-state index contributed by atoms with van der Waals surface area (Å²) < 4.78 is 0. The van der Waals surface area contributed by atoms with Gasteiger partial charge in [0, 0.05) is 11.6 Å². The summed E-state index contributed by atoms with van der Waals surface area (Å²) in [7, 11) is 0. The average molecular weight is 258 g/mol. The fraction of sp³-hybridized carbons (Fsp3) is 0.143. The molecule has 0 amide bonds. The highest BCUT2D eigenvalue weighted by Gasteiger charge is 2.01. The molecule has 0 saturated carbocycles. The third-order valence-electron chi connectivity index (χ3n) is 2.57. The van der Waals surface area contributed by atoms with Gasteiger partial charge in [-0.2, -0.15) is 5.26 Å². The molecular formula is C14H12ClN3. The van der Waals surface area contributed by atoms with Gasteiger partial charge in [0.15, 0.2) is 0 Å². The molecule has 0 saturated heterocycles. The molecule has 18 heavy (non-hydrogen) atoms. The van der Waals surface area contributed by atoms with Gasteiger partial charge in [-0.05, 0) is 36.2 Å². The molecule has 90 valence electrons. The molecule has 0 aliphatic heterocycles. The van der Waals surface area contributed by atoms with Gasteiger partial charge in [0.2, 0.25) is 0 Å². The fourth-order valence-corrected chi connectivity index (χ4v) is 1.86. The van der Waals surface area contributed by atoms with Crippen LogP contribution >= 0.6 is 11.6 Å². The molecule has 2 rings (SSSR count). The van der Waals surface area contributed by atoms with Crippen LogP contribution in [-0.4, -0.2) is 4.98 Å². The molecule has 3 nitrogen and oxygen atoms in total. The first-order valence-electron chi connectivity index (χ1n) is 5.54. The number of halogens is 1. The van der Waals surface area contributed by atoms with Crippen LogP contribution in [0.1, 0.15) is 16.8 Å². The minimum Gasteiger partial charge on any atom is -0.380 e. The molecule has 1 aromatic carbocycles. The minimum atomic E-state index is 0.411. The summed E-state index contributed by atoms with van der Waals surface area (Å²) in [5.41, 5.74) is 3.45. The van der Waals surface area contributed by atoms with Crippen LogP contribution in [0.3, 0.4) is 0 Å². The van der Waals surface area contributed by atoms with Gasteiger partial charge in [-0.25, -0.2) is 4.98 Å². The minimum absolute atomic E-state index is 0.411. The Hall–Kier alpha value is -2.05. The second kappa shape index (κ2) is 5.52. The van der Waals surface area contributed by atoms with Crippen molar-refractivity contribution in [2.75, 3.05) is 5.32 Å². The van der Waals surface area contributed by atoms with Gasteiger partial charge in [0.25, 0.3) is 0 Å². The van der Waals surface area contributed by atoms with Crippen molar-refractivity contribution in [1.29, 1.82) is 5.26 Å². The monoisotopic (exact) mass is 257 g/mol. The summed E-state index contributed by atoms with van der Waals surface area (Å²) in [4.78, 5) is 3.99. The first kappa shape index (κ1) is 12.4. The smallest absolute Gasteiger partial charge is 0.140 e. The number of pyridine rings is 1. The van der Waals surface area contributed by atoms with Crippen molar-refractivity contribution < 1.29 is 0 Å². The van der Waals surface area contributed by atoms with Gasteiger partial charge in [-0.1, -0.05) is 23.7 Å². The van der Waals surface area contributed by atoms with Gasteiger partial charge >= 0.3 is 0 Å². The molecule has 0 spiro atoms. The number of anilines is 1. The number of aryl methyl sites for hydroxylation is 1. The standard InChI is InChI=1S/C14H12ClN3/c1-10-2-3-11(14(15)6-10)8-17-13-5-4-12(7-16)18-9-13/h2-6,9,17H,8H2,1H3. The van der Waals surface area contributed by atoms with E-state index in [0.717, 1.165) is 21.8 Å². The molecule has 0 aliphatic carbocycles. The number of nitrogens with one attached hydrogen (secondary N) is 1. The van der Waals surface area contributed by atoms with Gasteiger partial charge in [-0.3, -0.25) is 0 Å². The van der Waals surface area contributed by atoms with Crippen LogP contribution in [0.2, 0.25) is 5.02 Å². The number of aromatic nitrogens is 1. The second-order valence-corrected chi connectivity index (χ2v) is 4.40. The Morgan fingerprint density at radius 2 is 2.17 bits per heavy atom. The normalized spacial score (nSPS) is 9.83. The Morgan fingerprint density at radius 1 is 1.33 bits per heavy atom. The van der Waals surface area contributed by atoms with E-state index < -0.39 is 0 Å². The van der Waals surface area contributed by atoms with Crippen LogP contribution in [0, 0.1) is 18.3 Å². The molecule has 4 heteroatoms. The van der Waals surface area contributed by atoms with Gasteiger partial charge in [0.05, 0.1) is 11.9 Å². The molecular weight excluding hydrogens is 246 g/mol. The SMILES string of the molecule is Cc1ccc(CNc2ccc(C#N)nc2)c(Cl)c1. The summed E-state index contributed by atoms with van der Waals surface area (Å²) in [5, 5.41) is 12.6. The number of nitriles is 1. The number of nitrogens with zero attached hydrogens (tertiary/aromatic N) is 2. The lowest BCUT2D eigenvalue weighted by Crippen LogP contribution is -2.00. The van der Waals surface area contributed by atoms with Crippen LogP contribution in [0.5, 0.6) is 0 Å². The maximum atomic E-state index is 8.65. The number of rotatable bonds is 3. The predicted octanol–water partition coefficient (Wildman–Crippen LogP) is 3.53. The van der Waals surface area contributed by atoms with E-state index >= 15 is 0 Å². The Morgan fingerprint density at radius 3 is 2.78 bits per heavy atom. The van der Waals surface area contributed by atoms with E-state index in [1.165, 1.54) is 0 Å². The molecule has 0 aliphatic rings. The highest BCUT2D eigenvalue weighted by Crippen LogP contribution is 2.18. The second-order valence-electron chi connectivity index (χ2n) is 3.99. The van der Waals surface area contributed by atoms with E-state index in [9.17, 15) is 0 Å². The third-order valence-corrected chi connectivity index (χ3v) is 2.92. The quantitative estimate of drug-likeness (QED) is 0.915. The van der Waals surface area contributed by atoms with Gasteiger partial charge < -0.3 is 5.32 Å².